The first-order valence-electron chi connectivity index (χ1n) is 12.6. The summed E-state index contributed by atoms with van der Waals surface area (Å²) in [7, 11) is 0. The van der Waals surface area contributed by atoms with E-state index in [1.807, 2.05) is 66.7 Å². The molecule has 1 heterocycles. The maximum absolute atomic E-state index is 6.21. The number of para-hydroxylation sites is 2. The van der Waals surface area contributed by atoms with E-state index in [1.54, 1.807) is 0 Å². The lowest BCUT2D eigenvalue weighted by molar-refractivity contribution is 0.643. The molecule has 2 N–H and O–H groups in total. The number of anilines is 2. The summed E-state index contributed by atoms with van der Waals surface area (Å²) in [6.07, 6.45) is 2.09. The highest BCUT2D eigenvalue weighted by Crippen LogP contribution is 2.31. The van der Waals surface area contributed by atoms with Gasteiger partial charge in [-0.1, -0.05) is 42.3 Å². The number of halogens is 2. The minimum absolute atomic E-state index is 0.700. The van der Waals surface area contributed by atoms with Crippen LogP contribution in [0.5, 0.6) is 0 Å². The minimum atomic E-state index is 0.700. The smallest absolute Gasteiger partial charge is 0.0900 e. The van der Waals surface area contributed by atoms with Crippen molar-refractivity contribution >= 4 is 45.6 Å². The Kier molecular flexibility index (Phi) is 8.05. The maximum Gasteiger partial charge on any atom is 0.0900 e. The van der Waals surface area contributed by atoms with Gasteiger partial charge in [-0.25, -0.2) is 4.98 Å². The third kappa shape index (κ3) is 5.96. The van der Waals surface area contributed by atoms with Gasteiger partial charge in [0.2, 0.25) is 0 Å². The molecule has 188 valence electrons. The lowest BCUT2D eigenvalue weighted by atomic mass is 10.1. The van der Waals surface area contributed by atoms with E-state index >= 15 is 0 Å². The maximum atomic E-state index is 6.21. The molecular formula is C30H29Cl2N5. The number of nitrogens with one attached hydrogen (secondary N) is 2. The van der Waals surface area contributed by atoms with E-state index in [2.05, 4.69) is 40.3 Å². The molecule has 3 aromatic carbocycles. The van der Waals surface area contributed by atoms with E-state index in [4.69, 9.17) is 33.2 Å². The molecule has 5 nitrogen and oxygen atoms in total. The molecule has 1 aliphatic carbocycles. The normalized spacial score (nSPS) is 11.9. The van der Waals surface area contributed by atoms with E-state index in [9.17, 15) is 0 Å². The standard InChI is InChI=1S/C30H29Cl2N5/c1-2-16-33-17-5-18-34-26-20-30-28(19-27(26)35-23-12-8-21(31)9-13-23)36-25-6-3-4-7-29(25)37(30)24-14-10-22(32)11-15-24/h3-4,6-15,19-20,33,35H,2,5,16-18H2,1H3. The molecule has 0 spiro atoms. The van der Waals surface area contributed by atoms with Gasteiger partial charge in [0.25, 0.3) is 0 Å². The summed E-state index contributed by atoms with van der Waals surface area (Å²) in [6.45, 7) is 4.87. The zero-order chi connectivity index (χ0) is 25.6. The molecule has 7 heteroatoms. The molecule has 2 aliphatic rings. The van der Waals surface area contributed by atoms with E-state index in [0.29, 0.717) is 10.0 Å². The van der Waals surface area contributed by atoms with E-state index in [0.717, 1.165) is 77.3 Å². The minimum Gasteiger partial charge on any atom is -0.354 e. The van der Waals surface area contributed by atoms with Gasteiger partial charge < -0.3 is 15.2 Å². The van der Waals surface area contributed by atoms with Crippen LogP contribution in [0.4, 0.5) is 11.4 Å². The van der Waals surface area contributed by atoms with Crippen molar-refractivity contribution in [3.05, 3.63) is 100 Å². The highest BCUT2D eigenvalue weighted by Gasteiger charge is 2.16. The summed E-state index contributed by atoms with van der Waals surface area (Å²) in [6, 6.07) is 28.0. The first-order chi connectivity index (χ1) is 18.1. The highest BCUT2D eigenvalue weighted by atomic mass is 35.5. The van der Waals surface area contributed by atoms with Crippen molar-refractivity contribution in [3.8, 4) is 17.1 Å². The molecule has 0 saturated carbocycles. The molecule has 0 radical (unpaired) electrons. The summed E-state index contributed by atoms with van der Waals surface area (Å²) >= 11 is 12.3. The van der Waals surface area contributed by atoms with E-state index < -0.39 is 0 Å². The third-order valence-corrected chi connectivity index (χ3v) is 6.63. The van der Waals surface area contributed by atoms with Crippen LogP contribution >= 0.6 is 23.2 Å². The summed E-state index contributed by atoms with van der Waals surface area (Å²) in [5.74, 6) is 0. The van der Waals surface area contributed by atoms with Gasteiger partial charge in [-0.3, -0.25) is 4.99 Å². The van der Waals surface area contributed by atoms with E-state index in [1.165, 1.54) is 0 Å². The lowest BCUT2D eigenvalue weighted by Gasteiger charge is -2.20. The number of nitrogens with zero attached hydrogens (tertiary/aromatic N) is 3. The fourth-order valence-corrected chi connectivity index (χ4v) is 4.59. The first-order valence-corrected chi connectivity index (χ1v) is 13.3. The van der Waals surface area contributed by atoms with Gasteiger partial charge in [-0.2, -0.15) is 0 Å². The third-order valence-electron chi connectivity index (χ3n) is 6.13. The summed E-state index contributed by atoms with van der Waals surface area (Å²) in [5.41, 5.74) is 6.64. The Morgan fingerprint density at radius 1 is 0.865 bits per heavy atom. The second-order valence-electron chi connectivity index (χ2n) is 8.89. The van der Waals surface area contributed by atoms with Gasteiger partial charge in [0, 0.05) is 28.0 Å². The van der Waals surface area contributed by atoms with Gasteiger partial charge in [0.05, 0.1) is 33.5 Å². The topological polar surface area (TPSA) is 54.2 Å². The van der Waals surface area contributed by atoms with Crippen molar-refractivity contribution in [2.75, 3.05) is 25.0 Å². The van der Waals surface area contributed by atoms with Crippen LogP contribution in [-0.4, -0.2) is 29.2 Å². The lowest BCUT2D eigenvalue weighted by Crippen LogP contribution is -2.18. The van der Waals surface area contributed by atoms with Gasteiger partial charge >= 0.3 is 0 Å². The quantitative estimate of drug-likeness (QED) is 0.154. The number of hydrogen-bond acceptors (Lipinski definition) is 4. The zero-order valence-electron chi connectivity index (χ0n) is 20.7. The Labute approximate surface area is 227 Å². The van der Waals surface area contributed by atoms with Crippen molar-refractivity contribution in [1.29, 1.82) is 0 Å². The van der Waals surface area contributed by atoms with Crippen LogP contribution in [0.3, 0.4) is 0 Å². The number of fused-ring (bicyclic) bond motifs is 2. The Bertz CT molecular complexity index is 1530. The number of hydrogen-bond donors (Lipinski definition) is 2. The number of aromatic nitrogens is 2. The monoisotopic (exact) mass is 529 g/mol. The molecule has 0 aromatic heterocycles. The summed E-state index contributed by atoms with van der Waals surface area (Å²) in [4.78, 5) is 10.0. The van der Waals surface area contributed by atoms with Crippen molar-refractivity contribution in [1.82, 2.24) is 14.9 Å². The van der Waals surface area contributed by atoms with Crippen LogP contribution in [0.25, 0.3) is 28.1 Å². The molecule has 0 unspecified atom stereocenters. The zero-order valence-corrected chi connectivity index (χ0v) is 22.2. The highest BCUT2D eigenvalue weighted by molar-refractivity contribution is 6.30. The number of benzene rings is 4. The molecule has 0 saturated heterocycles. The van der Waals surface area contributed by atoms with Gasteiger partial charge in [-0.15, -0.1) is 0 Å². The fourth-order valence-electron chi connectivity index (χ4n) is 4.34. The average Bonchev–Trinajstić information content (AvgIpc) is 2.91. The molecule has 5 rings (SSSR count). The molecule has 0 amide bonds. The molecule has 3 aromatic rings. The Balaban J connectivity index is 1.66. The second-order valence-corrected chi connectivity index (χ2v) is 9.76. The van der Waals surface area contributed by atoms with Crippen molar-refractivity contribution in [3.63, 3.8) is 0 Å². The summed E-state index contributed by atoms with van der Waals surface area (Å²) in [5, 5.41) is 9.28. The molecule has 1 aliphatic heterocycles. The predicted molar refractivity (Wildman–Crippen MR) is 156 cm³/mol. The van der Waals surface area contributed by atoms with Gasteiger partial charge in [-0.05, 0) is 98.7 Å². The van der Waals surface area contributed by atoms with Crippen molar-refractivity contribution in [2.24, 2.45) is 4.99 Å². The predicted octanol–water partition coefficient (Wildman–Crippen LogP) is 7.47. The molecule has 0 atom stereocenters. The Hall–Kier alpha value is -3.38. The van der Waals surface area contributed by atoms with Crippen LogP contribution < -0.4 is 16.0 Å². The SMILES string of the molecule is CCCNCCCN=c1cc2n(-c3ccc(Cl)cc3)c3ccccc3nc-2cc1Nc1ccc(Cl)cc1. The number of rotatable bonds is 9. The molecule has 0 fully saturated rings. The molecule has 0 bridgehead atoms. The summed E-state index contributed by atoms with van der Waals surface area (Å²) < 4.78 is 2.22. The van der Waals surface area contributed by atoms with Gasteiger partial charge in [0.15, 0.2) is 0 Å². The van der Waals surface area contributed by atoms with Crippen molar-refractivity contribution in [2.45, 2.75) is 19.8 Å². The van der Waals surface area contributed by atoms with Crippen LogP contribution in [0, 0.1) is 0 Å². The van der Waals surface area contributed by atoms with Crippen LogP contribution in [0.1, 0.15) is 19.8 Å². The van der Waals surface area contributed by atoms with Crippen LogP contribution in [-0.2, 0) is 0 Å². The largest absolute Gasteiger partial charge is 0.354 e. The van der Waals surface area contributed by atoms with Crippen LogP contribution in [0.15, 0.2) is 89.9 Å². The van der Waals surface area contributed by atoms with Crippen LogP contribution in [0.2, 0.25) is 10.0 Å². The Morgan fingerprint density at radius 2 is 1.59 bits per heavy atom. The second kappa shape index (κ2) is 11.8. The Morgan fingerprint density at radius 3 is 2.35 bits per heavy atom. The van der Waals surface area contributed by atoms with Gasteiger partial charge in [0.1, 0.15) is 0 Å². The molecule has 37 heavy (non-hydrogen) atoms. The van der Waals surface area contributed by atoms with E-state index in [-0.39, 0.29) is 0 Å². The first kappa shape index (κ1) is 25.3. The molecular weight excluding hydrogens is 501 g/mol. The average molecular weight is 531 g/mol. The van der Waals surface area contributed by atoms with Crippen molar-refractivity contribution < 1.29 is 0 Å². The fraction of sp³-hybridized carbons (Fsp3) is 0.200.